The van der Waals surface area contributed by atoms with Gasteiger partial charge >= 0.3 is 0 Å². The number of nitrogens with one attached hydrogen (secondary N) is 1. The second kappa shape index (κ2) is 5.87. The topological polar surface area (TPSA) is 42.7 Å². The fourth-order valence-electron chi connectivity index (χ4n) is 2.57. The van der Waals surface area contributed by atoms with Crippen LogP contribution in [0.1, 0.15) is 30.5 Å². The van der Waals surface area contributed by atoms with Gasteiger partial charge in [0.1, 0.15) is 5.82 Å². The number of nitrogens with zero attached hydrogens (tertiary/aromatic N) is 3. The number of rotatable bonds is 6. The van der Waals surface area contributed by atoms with Crippen molar-refractivity contribution in [3.8, 4) is 0 Å². The Labute approximate surface area is 113 Å². The molecule has 0 atom stereocenters. The lowest BCUT2D eigenvalue weighted by Gasteiger charge is -2.07. The van der Waals surface area contributed by atoms with Crippen molar-refractivity contribution in [2.45, 2.75) is 38.6 Å². The van der Waals surface area contributed by atoms with E-state index in [1.54, 1.807) is 0 Å². The molecule has 1 aliphatic carbocycles. The Kier molecular flexibility index (Phi) is 3.77. The normalized spacial score (nSPS) is 13.5. The molecule has 0 unspecified atom stereocenters. The molecule has 0 fully saturated rings. The lowest BCUT2D eigenvalue weighted by molar-refractivity contribution is 0.620. The average Bonchev–Trinajstić information content (AvgIpc) is 3.08. The molecule has 19 heavy (non-hydrogen) atoms. The Bertz CT molecular complexity index is 519. The van der Waals surface area contributed by atoms with Gasteiger partial charge in [-0.25, -0.2) is 9.97 Å². The van der Waals surface area contributed by atoms with Gasteiger partial charge in [0.25, 0.3) is 0 Å². The highest BCUT2D eigenvalue weighted by molar-refractivity contribution is 5.40. The van der Waals surface area contributed by atoms with E-state index in [-0.39, 0.29) is 0 Å². The SMILES string of the molecule is c1cn(CCCCNc2ccc3c(n2)CCC3)cn1. The highest BCUT2D eigenvalue weighted by atomic mass is 15.0. The molecule has 0 spiro atoms. The molecule has 4 nitrogen and oxygen atoms in total. The van der Waals surface area contributed by atoms with Crippen molar-refractivity contribution in [2.75, 3.05) is 11.9 Å². The maximum Gasteiger partial charge on any atom is 0.126 e. The average molecular weight is 256 g/mol. The predicted octanol–water partition coefficient (Wildman–Crippen LogP) is 2.66. The fraction of sp³-hybridized carbons (Fsp3) is 0.467. The van der Waals surface area contributed by atoms with E-state index in [9.17, 15) is 0 Å². The minimum Gasteiger partial charge on any atom is -0.370 e. The van der Waals surface area contributed by atoms with Crippen LogP contribution in [-0.2, 0) is 19.4 Å². The van der Waals surface area contributed by atoms with Crippen LogP contribution in [-0.4, -0.2) is 21.1 Å². The first kappa shape index (κ1) is 12.2. The van der Waals surface area contributed by atoms with Crippen molar-refractivity contribution in [1.29, 1.82) is 0 Å². The van der Waals surface area contributed by atoms with Crippen molar-refractivity contribution in [3.05, 3.63) is 42.1 Å². The number of anilines is 1. The van der Waals surface area contributed by atoms with E-state index >= 15 is 0 Å². The molecule has 0 bridgehead atoms. The molecular formula is C15H20N4. The molecular weight excluding hydrogens is 236 g/mol. The van der Waals surface area contributed by atoms with Gasteiger partial charge in [-0.2, -0.15) is 0 Å². The van der Waals surface area contributed by atoms with Gasteiger partial charge < -0.3 is 9.88 Å². The second-order valence-electron chi connectivity index (χ2n) is 5.09. The third kappa shape index (κ3) is 3.13. The first-order chi connectivity index (χ1) is 9.42. The van der Waals surface area contributed by atoms with Gasteiger partial charge in [0.15, 0.2) is 0 Å². The van der Waals surface area contributed by atoms with Crippen LogP contribution < -0.4 is 5.32 Å². The molecule has 0 radical (unpaired) electrons. The fourth-order valence-corrected chi connectivity index (χ4v) is 2.57. The molecule has 3 rings (SSSR count). The van der Waals surface area contributed by atoms with Gasteiger partial charge in [-0.15, -0.1) is 0 Å². The van der Waals surface area contributed by atoms with E-state index in [0.29, 0.717) is 0 Å². The first-order valence-corrected chi connectivity index (χ1v) is 7.10. The summed E-state index contributed by atoms with van der Waals surface area (Å²) in [5.41, 5.74) is 2.73. The van der Waals surface area contributed by atoms with E-state index in [2.05, 4.69) is 32.0 Å². The number of fused-ring (bicyclic) bond motifs is 1. The molecule has 1 N–H and O–H groups in total. The van der Waals surface area contributed by atoms with Crippen molar-refractivity contribution in [1.82, 2.24) is 14.5 Å². The van der Waals surface area contributed by atoms with Crippen LogP contribution in [0.4, 0.5) is 5.82 Å². The highest BCUT2D eigenvalue weighted by Gasteiger charge is 2.11. The number of aryl methyl sites for hydroxylation is 3. The van der Waals surface area contributed by atoms with Crippen LogP contribution in [0.5, 0.6) is 0 Å². The summed E-state index contributed by atoms with van der Waals surface area (Å²) in [7, 11) is 0. The summed E-state index contributed by atoms with van der Waals surface area (Å²) in [6.45, 7) is 2.03. The number of unbranched alkanes of at least 4 members (excludes halogenated alkanes) is 1. The largest absolute Gasteiger partial charge is 0.370 e. The van der Waals surface area contributed by atoms with Crippen molar-refractivity contribution in [3.63, 3.8) is 0 Å². The van der Waals surface area contributed by atoms with E-state index in [1.165, 1.54) is 24.1 Å². The van der Waals surface area contributed by atoms with E-state index in [1.807, 2.05) is 18.7 Å². The van der Waals surface area contributed by atoms with Crippen molar-refractivity contribution in [2.24, 2.45) is 0 Å². The molecule has 4 heteroatoms. The smallest absolute Gasteiger partial charge is 0.126 e. The summed E-state index contributed by atoms with van der Waals surface area (Å²) < 4.78 is 2.12. The Hall–Kier alpha value is -1.84. The summed E-state index contributed by atoms with van der Waals surface area (Å²) in [5, 5.41) is 3.42. The van der Waals surface area contributed by atoms with Gasteiger partial charge in [0.2, 0.25) is 0 Å². The lowest BCUT2D eigenvalue weighted by Crippen LogP contribution is -2.06. The number of imidazole rings is 1. The zero-order valence-electron chi connectivity index (χ0n) is 11.2. The van der Waals surface area contributed by atoms with Crippen LogP contribution in [0.3, 0.4) is 0 Å². The zero-order valence-corrected chi connectivity index (χ0v) is 11.2. The van der Waals surface area contributed by atoms with Gasteiger partial charge in [0, 0.05) is 31.2 Å². The molecule has 0 saturated heterocycles. The lowest BCUT2D eigenvalue weighted by atomic mass is 10.2. The molecule has 2 heterocycles. The van der Waals surface area contributed by atoms with Crippen LogP contribution in [0.15, 0.2) is 30.9 Å². The molecule has 0 aliphatic heterocycles. The van der Waals surface area contributed by atoms with Crippen molar-refractivity contribution < 1.29 is 0 Å². The monoisotopic (exact) mass is 256 g/mol. The summed E-state index contributed by atoms with van der Waals surface area (Å²) in [5.74, 6) is 1.03. The molecule has 1 aliphatic rings. The predicted molar refractivity (Wildman–Crippen MR) is 76.2 cm³/mol. The minimum atomic E-state index is 0.987. The van der Waals surface area contributed by atoms with E-state index in [0.717, 1.165) is 38.2 Å². The maximum atomic E-state index is 4.67. The highest BCUT2D eigenvalue weighted by Crippen LogP contribution is 2.21. The number of aromatic nitrogens is 3. The van der Waals surface area contributed by atoms with Crippen LogP contribution in [0, 0.1) is 0 Å². The standard InChI is InChI=1S/C15H20N4/c1(2-10-19-11-9-16-12-19)8-17-15-7-6-13-4-3-5-14(13)18-15/h6-7,9,11-12H,1-5,8,10H2,(H,17,18). The summed E-state index contributed by atoms with van der Waals surface area (Å²) >= 11 is 0. The van der Waals surface area contributed by atoms with Gasteiger partial charge in [-0.05, 0) is 43.7 Å². The Morgan fingerprint density at radius 1 is 1.21 bits per heavy atom. The molecule has 0 saturated carbocycles. The summed E-state index contributed by atoms with van der Waals surface area (Å²) in [6.07, 6.45) is 11.6. The van der Waals surface area contributed by atoms with Gasteiger partial charge in [0.05, 0.1) is 6.33 Å². The van der Waals surface area contributed by atoms with E-state index in [4.69, 9.17) is 0 Å². The molecule has 100 valence electrons. The third-order valence-corrected chi connectivity index (χ3v) is 3.64. The molecule has 0 amide bonds. The Morgan fingerprint density at radius 3 is 3.11 bits per heavy atom. The van der Waals surface area contributed by atoms with Crippen molar-refractivity contribution >= 4 is 5.82 Å². The Morgan fingerprint density at radius 2 is 2.21 bits per heavy atom. The molecule has 0 aromatic carbocycles. The summed E-state index contributed by atoms with van der Waals surface area (Å²) in [4.78, 5) is 8.71. The third-order valence-electron chi connectivity index (χ3n) is 3.64. The molecule has 2 aromatic heterocycles. The minimum absolute atomic E-state index is 0.987. The van der Waals surface area contributed by atoms with Crippen LogP contribution >= 0.6 is 0 Å². The Balaban J connectivity index is 1.40. The number of pyridine rings is 1. The van der Waals surface area contributed by atoms with Gasteiger partial charge in [-0.1, -0.05) is 6.07 Å². The maximum absolute atomic E-state index is 4.67. The van der Waals surface area contributed by atoms with E-state index < -0.39 is 0 Å². The second-order valence-corrected chi connectivity index (χ2v) is 5.09. The first-order valence-electron chi connectivity index (χ1n) is 7.10. The summed E-state index contributed by atoms with van der Waals surface area (Å²) in [6, 6.07) is 4.34. The van der Waals surface area contributed by atoms with Crippen LogP contribution in [0.25, 0.3) is 0 Å². The van der Waals surface area contributed by atoms with Gasteiger partial charge in [-0.3, -0.25) is 0 Å². The molecule has 2 aromatic rings. The van der Waals surface area contributed by atoms with Crippen LogP contribution in [0.2, 0.25) is 0 Å². The number of hydrogen-bond acceptors (Lipinski definition) is 3. The number of hydrogen-bond donors (Lipinski definition) is 1. The zero-order chi connectivity index (χ0) is 12.9. The quantitative estimate of drug-likeness (QED) is 0.808.